The molecule has 5 heteroatoms. The van der Waals surface area contributed by atoms with Crippen molar-refractivity contribution in [3.63, 3.8) is 0 Å². The van der Waals surface area contributed by atoms with Crippen molar-refractivity contribution in [1.29, 1.82) is 0 Å². The number of piperidine rings is 1. The molecular formula is C14H23N3OS. The fourth-order valence-corrected chi connectivity index (χ4v) is 4.50. The number of fused-ring (bicyclic) bond motifs is 2. The fourth-order valence-electron chi connectivity index (χ4n) is 4.13. The van der Waals surface area contributed by atoms with E-state index in [0.717, 1.165) is 42.8 Å². The highest BCUT2D eigenvalue weighted by atomic mass is 32.1. The lowest BCUT2D eigenvalue weighted by Crippen LogP contribution is -2.55. The van der Waals surface area contributed by atoms with E-state index in [1.807, 2.05) is 4.90 Å². The highest BCUT2D eigenvalue weighted by molar-refractivity contribution is 7.80. The number of rotatable bonds is 2. The fraction of sp³-hybridized carbons (Fsp3) is 0.857. The minimum absolute atomic E-state index is 0.202. The Morgan fingerprint density at radius 2 is 2.05 bits per heavy atom. The third-order valence-corrected chi connectivity index (χ3v) is 5.49. The summed E-state index contributed by atoms with van der Waals surface area (Å²) in [5.41, 5.74) is 5.50. The number of hydrogen-bond acceptors (Lipinski definition) is 2. The van der Waals surface area contributed by atoms with Crippen molar-refractivity contribution in [2.75, 3.05) is 6.54 Å². The zero-order valence-electron chi connectivity index (χ0n) is 11.3. The predicted molar refractivity (Wildman–Crippen MR) is 78.5 cm³/mol. The van der Waals surface area contributed by atoms with Crippen molar-refractivity contribution in [2.45, 2.75) is 57.0 Å². The molecule has 0 spiro atoms. The number of hydrogen-bond donors (Lipinski definition) is 2. The van der Waals surface area contributed by atoms with Crippen LogP contribution in [0.4, 0.5) is 0 Å². The first-order valence-electron chi connectivity index (χ1n) is 7.51. The van der Waals surface area contributed by atoms with Gasteiger partial charge in [-0.25, -0.2) is 0 Å². The Bertz CT molecular complexity index is 387. The zero-order chi connectivity index (χ0) is 13.4. The Morgan fingerprint density at radius 1 is 1.21 bits per heavy atom. The first-order chi connectivity index (χ1) is 9.15. The average molecular weight is 281 g/mol. The summed E-state index contributed by atoms with van der Waals surface area (Å²) in [6.07, 6.45) is 8.35. The van der Waals surface area contributed by atoms with Crippen LogP contribution in [0.5, 0.6) is 0 Å². The van der Waals surface area contributed by atoms with Gasteiger partial charge in [0.2, 0.25) is 5.91 Å². The molecule has 0 radical (unpaired) electrons. The Kier molecular flexibility index (Phi) is 3.65. The highest BCUT2D eigenvalue weighted by Crippen LogP contribution is 2.44. The first-order valence-corrected chi connectivity index (χ1v) is 7.92. The molecule has 0 aromatic carbocycles. The molecule has 1 saturated heterocycles. The molecule has 2 aliphatic carbocycles. The van der Waals surface area contributed by atoms with E-state index in [2.05, 4.69) is 5.32 Å². The third-order valence-electron chi connectivity index (χ3n) is 5.14. The molecule has 0 aromatic heterocycles. The standard InChI is InChI=1S/C14H23N3OS/c15-13(18)12-3-1-2-6-17(12)14(19)16-11-8-9-4-5-10(11)7-9/h9-12H,1-8H2,(H2,15,18)(H,16,19)/t9-,10-,11-,12-/m0/s1. The van der Waals surface area contributed by atoms with Crippen molar-refractivity contribution < 1.29 is 4.79 Å². The van der Waals surface area contributed by atoms with Gasteiger partial charge in [0.1, 0.15) is 6.04 Å². The topological polar surface area (TPSA) is 58.4 Å². The number of thiocarbonyl (C=S) groups is 1. The number of carbonyl (C=O) groups is 1. The van der Waals surface area contributed by atoms with Gasteiger partial charge >= 0.3 is 0 Å². The molecule has 3 aliphatic rings. The summed E-state index contributed by atoms with van der Waals surface area (Å²) in [6, 6.07) is 0.328. The molecule has 2 bridgehead atoms. The monoisotopic (exact) mass is 281 g/mol. The van der Waals surface area contributed by atoms with Crippen LogP contribution in [0.1, 0.15) is 44.9 Å². The van der Waals surface area contributed by atoms with E-state index in [1.54, 1.807) is 0 Å². The number of nitrogens with zero attached hydrogens (tertiary/aromatic N) is 1. The number of carbonyl (C=O) groups excluding carboxylic acids is 1. The van der Waals surface area contributed by atoms with E-state index in [-0.39, 0.29) is 11.9 Å². The molecule has 3 rings (SSSR count). The lowest BCUT2D eigenvalue weighted by molar-refractivity contribution is -0.122. The van der Waals surface area contributed by atoms with Gasteiger partial charge in [-0.3, -0.25) is 4.79 Å². The molecular weight excluding hydrogens is 258 g/mol. The van der Waals surface area contributed by atoms with Crippen LogP contribution in [-0.2, 0) is 4.79 Å². The summed E-state index contributed by atoms with van der Waals surface area (Å²) in [6.45, 7) is 0.861. The van der Waals surface area contributed by atoms with E-state index in [4.69, 9.17) is 18.0 Å². The molecule has 3 N–H and O–H groups in total. The Hall–Kier alpha value is -0.840. The minimum atomic E-state index is -0.239. The van der Waals surface area contributed by atoms with Crippen LogP contribution in [0.2, 0.25) is 0 Å². The zero-order valence-corrected chi connectivity index (χ0v) is 12.1. The second-order valence-electron chi connectivity index (χ2n) is 6.34. The van der Waals surface area contributed by atoms with Crippen molar-refractivity contribution in [2.24, 2.45) is 17.6 Å². The van der Waals surface area contributed by atoms with Crippen LogP contribution in [0, 0.1) is 11.8 Å². The minimum Gasteiger partial charge on any atom is -0.368 e. The molecule has 3 fully saturated rings. The summed E-state index contributed by atoms with van der Waals surface area (Å²) >= 11 is 5.53. The van der Waals surface area contributed by atoms with E-state index >= 15 is 0 Å². The Balaban J connectivity index is 1.61. The number of nitrogens with one attached hydrogen (secondary N) is 1. The van der Waals surface area contributed by atoms with Gasteiger partial charge in [-0.1, -0.05) is 6.42 Å². The van der Waals surface area contributed by atoms with Crippen LogP contribution in [-0.4, -0.2) is 34.5 Å². The highest BCUT2D eigenvalue weighted by Gasteiger charge is 2.40. The summed E-state index contributed by atoms with van der Waals surface area (Å²) < 4.78 is 0. The second-order valence-corrected chi connectivity index (χ2v) is 6.72. The van der Waals surface area contributed by atoms with E-state index in [9.17, 15) is 4.79 Å². The summed E-state index contributed by atoms with van der Waals surface area (Å²) in [5.74, 6) is 1.45. The maximum Gasteiger partial charge on any atom is 0.240 e. The van der Waals surface area contributed by atoms with Crippen molar-refractivity contribution in [1.82, 2.24) is 10.2 Å². The van der Waals surface area contributed by atoms with Crippen molar-refractivity contribution >= 4 is 23.2 Å². The average Bonchev–Trinajstić information content (AvgIpc) is 3.01. The van der Waals surface area contributed by atoms with Gasteiger partial charge in [0.15, 0.2) is 5.11 Å². The van der Waals surface area contributed by atoms with Gasteiger partial charge in [0, 0.05) is 12.6 Å². The van der Waals surface area contributed by atoms with E-state index < -0.39 is 0 Å². The quantitative estimate of drug-likeness (QED) is 0.751. The molecule has 4 nitrogen and oxygen atoms in total. The largest absolute Gasteiger partial charge is 0.368 e. The van der Waals surface area contributed by atoms with Crippen molar-refractivity contribution in [3.8, 4) is 0 Å². The number of nitrogens with two attached hydrogens (primary N) is 1. The van der Waals surface area contributed by atoms with Crippen LogP contribution in [0.25, 0.3) is 0 Å². The van der Waals surface area contributed by atoms with Gasteiger partial charge in [-0.05, 0) is 62.6 Å². The molecule has 2 saturated carbocycles. The third kappa shape index (κ3) is 2.57. The lowest BCUT2D eigenvalue weighted by atomic mass is 9.95. The maximum atomic E-state index is 11.5. The van der Waals surface area contributed by atoms with E-state index in [0.29, 0.717) is 6.04 Å². The van der Waals surface area contributed by atoms with Gasteiger partial charge < -0.3 is 16.0 Å². The van der Waals surface area contributed by atoms with Gasteiger partial charge in [-0.15, -0.1) is 0 Å². The Labute approximate surface area is 120 Å². The second kappa shape index (κ2) is 5.27. The smallest absolute Gasteiger partial charge is 0.240 e. The summed E-state index contributed by atoms with van der Waals surface area (Å²) in [5, 5.41) is 4.27. The molecule has 4 atom stereocenters. The van der Waals surface area contributed by atoms with E-state index in [1.165, 1.54) is 25.7 Å². The molecule has 19 heavy (non-hydrogen) atoms. The van der Waals surface area contributed by atoms with Crippen LogP contribution in [0.3, 0.4) is 0 Å². The molecule has 1 amide bonds. The predicted octanol–water partition coefficient (Wildman–Crippen LogP) is 1.39. The normalized spacial score (nSPS) is 37.4. The van der Waals surface area contributed by atoms with Gasteiger partial charge in [-0.2, -0.15) is 0 Å². The number of amides is 1. The maximum absolute atomic E-state index is 11.5. The molecule has 1 aliphatic heterocycles. The molecule has 0 unspecified atom stereocenters. The van der Waals surface area contributed by atoms with Gasteiger partial charge in [0.25, 0.3) is 0 Å². The van der Waals surface area contributed by atoms with Crippen LogP contribution < -0.4 is 11.1 Å². The number of primary amides is 1. The molecule has 0 aromatic rings. The summed E-state index contributed by atoms with van der Waals surface area (Å²) in [4.78, 5) is 13.5. The van der Waals surface area contributed by atoms with Crippen molar-refractivity contribution in [3.05, 3.63) is 0 Å². The molecule has 106 valence electrons. The van der Waals surface area contributed by atoms with Crippen LogP contribution >= 0.6 is 12.2 Å². The molecule has 1 heterocycles. The first kappa shape index (κ1) is 13.2. The SMILES string of the molecule is NC(=O)[C@@H]1CCCCN1C(=S)N[C@H]1C[C@H]2CC[C@H]1C2. The van der Waals surface area contributed by atoms with Gasteiger partial charge in [0.05, 0.1) is 0 Å². The summed E-state index contributed by atoms with van der Waals surface area (Å²) in [7, 11) is 0. The number of likely N-dealkylation sites (tertiary alicyclic amines) is 1. The lowest BCUT2D eigenvalue weighted by Gasteiger charge is -2.37. The Morgan fingerprint density at radius 3 is 2.68 bits per heavy atom. The van der Waals surface area contributed by atoms with Crippen LogP contribution in [0.15, 0.2) is 0 Å².